The lowest BCUT2D eigenvalue weighted by Crippen LogP contribution is -2.21. The van der Waals surface area contributed by atoms with E-state index in [1.807, 2.05) is 0 Å². The average molecular weight is 280 g/mol. The van der Waals surface area contributed by atoms with E-state index in [0.29, 0.717) is 11.6 Å². The zero-order valence-corrected chi connectivity index (χ0v) is 10.1. The maximum absolute atomic E-state index is 11.2. The maximum atomic E-state index is 11.2. The summed E-state index contributed by atoms with van der Waals surface area (Å²) in [7, 11) is 0. The molecule has 0 spiro atoms. The van der Waals surface area contributed by atoms with Crippen molar-refractivity contribution in [1.29, 1.82) is 0 Å². The van der Waals surface area contributed by atoms with Gasteiger partial charge in [0.2, 0.25) is 0 Å². The minimum atomic E-state index is -0.228. The first-order chi connectivity index (χ1) is 6.74. The highest BCUT2D eigenvalue weighted by Crippen LogP contribution is 2.04. The zero-order chi connectivity index (χ0) is 10.4. The van der Waals surface area contributed by atoms with Crippen LogP contribution < -0.4 is 5.69 Å². The molecule has 0 aliphatic heterocycles. The van der Waals surface area contributed by atoms with Crippen molar-refractivity contribution in [2.75, 3.05) is 5.33 Å². The van der Waals surface area contributed by atoms with Crippen LogP contribution in [0.15, 0.2) is 17.2 Å². The predicted molar refractivity (Wildman–Crippen MR) is 61.2 cm³/mol. The number of rotatable bonds is 5. The van der Waals surface area contributed by atoms with Gasteiger partial charge in [0, 0.05) is 18.1 Å². The first-order valence-electron chi connectivity index (χ1n) is 4.52. The minimum Gasteiger partial charge on any atom is -0.298 e. The second-order valence-electron chi connectivity index (χ2n) is 3.00. The third-order valence-electron chi connectivity index (χ3n) is 1.86. The molecule has 0 aliphatic carbocycles. The summed E-state index contributed by atoms with van der Waals surface area (Å²) < 4.78 is 1.55. The molecule has 1 aromatic heterocycles. The summed E-state index contributed by atoms with van der Waals surface area (Å²) in [6.07, 6.45) is 6.21. The van der Waals surface area contributed by atoms with Crippen molar-refractivity contribution in [1.82, 2.24) is 9.55 Å². The number of aromatic nitrogens is 2. The highest BCUT2D eigenvalue weighted by atomic mass is 79.9. The number of hydrogen-bond donors (Lipinski definition) is 0. The van der Waals surface area contributed by atoms with Crippen molar-refractivity contribution in [3.63, 3.8) is 0 Å². The van der Waals surface area contributed by atoms with Gasteiger partial charge in [0.1, 0.15) is 0 Å². The molecule has 5 heteroatoms. The Morgan fingerprint density at radius 1 is 1.43 bits per heavy atom. The number of alkyl halides is 1. The molecular weight excluding hydrogens is 267 g/mol. The van der Waals surface area contributed by atoms with E-state index >= 15 is 0 Å². The highest BCUT2D eigenvalue weighted by Gasteiger charge is 1.97. The summed E-state index contributed by atoms with van der Waals surface area (Å²) in [5.41, 5.74) is -0.228. The molecule has 0 radical (unpaired) electrons. The molecule has 0 aromatic carbocycles. The molecular formula is C9H12BrClN2O. The van der Waals surface area contributed by atoms with Crippen molar-refractivity contribution >= 4 is 27.5 Å². The van der Waals surface area contributed by atoms with E-state index in [2.05, 4.69) is 20.9 Å². The Kier molecular flexibility index (Phi) is 5.19. The predicted octanol–water partition coefficient (Wildman–Crippen LogP) is 2.46. The Morgan fingerprint density at radius 2 is 2.21 bits per heavy atom. The van der Waals surface area contributed by atoms with Crippen LogP contribution in [0.2, 0.25) is 5.02 Å². The number of unbranched alkanes of at least 4 members (excludes halogenated alkanes) is 2. The third kappa shape index (κ3) is 3.80. The SMILES string of the molecule is O=c1ncc(Cl)cn1CCCCCBr. The fourth-order valence-electron chi connectivity index (χ4n) is 1.14. The smallest absolute Gasteiger partial charge is 0.298 e. The molecule has 0 N–H and O–H groups in total. The van der Waals surface area contributed by atoms with Gasteiger partial charge in [0.25, 0.3) is 0 Å². The van der Waals surface area contributed by atoms with Crippen LogP contribution >= 0.6 is 27.5 Å². The first-order valence-corrected chi connectivity index (χ1v) is 6.02. The number of aryl methyl sites for hydroxylation is 1. The monoisotopic (exact) mass is 278 g/mol. The van der Waals surface area contributed by atoms with Gasteiger partial charge in [-0.25, -0.2) is 9.78 Å². The molecule has 78 valence electrons. The van der Waals surface area contributed by atoms with E-state index in [-0.39, 0.29) is 5.69 Å². The Hall–Kier alpha value is -0.350. The average Bonchev–Trinajstić information content (AvgIpc) is 2.18. The molecule has 0 saturated heterocycles. The molecule has 1 aromatic rings. The topological polar surface area (TPSA) is 34.9 Å². The second kappa shape index (κ2) is 6.19. The Balaban J connectivity index is 2.49. The molecule has 0 bridgehead atoms. The van der Waals surface area contributed by atoms with Gasteiger partial charge < -0.3 is 0 Å². The number of hydrogen-bond acceptors (Lipinski definition) is 2. The minimum absolute atomic E-state index is 0.228. The lowest BCUT2D eigenvalue weighted by Gasteiger charge is -2.03. The number of nitrogens with zero attached hydrogens (tertiary/aromatic N) is 2. The van der Waals surface area contributed by atoms with Gasteiger partial charge in [-0.3, -0.25) is 4.57 Å². The van der Waals surface area contributed by atoms with E-state index in [1.165, 1.54) is 6.20 Å². The van der Waals surface area contributed by atoms with Crippen molar-refractivity contribution in [3.05, 3.63) is 27.9 Å². The molecule has 14 heavy (non-hydrogen) atoms. The summed E-state index contributed by atoms with van der Waals surface area (Å²) in [5.74, 6) is 0. The zero-order valence-electron chi connectivity index (χ0n) is 7.75. The van der Waals surface area contributed by atoms with Crippen LogP contribution in [0.3, 0.4) is 0 Å². The van der Waals surface area contributed by atoms with Crippen molar-refractivity contribution in [2.45, 2.75) is 25.8 Å². The summed E-state index contributed by atoms with van der Waals surface area (Å²) in [5, 5.41) is 1.51. The van der Waals surface area contributed by atoms with Gasteiger partial charge in [-0.15, -0.1) is 0 Å². The lowest BCUT2D eigenvalue weighted by atomic mass is 10.2. The molecule has 0 aliphatic rings. The maximum Gasteiger partial charge on any atom is 0.347 e. The highest BCUT2D eigenvalue weighted by molar-refractivity contribution is 9.09. The van der Waals surface area contributed by atoms with Gasteiger partial charge in [-0.2, -0.15) is 0 Å². The van der Waals surface area contributed by atoms with Crippen LogP contribution in [0.5, 0.6) is 0 Å². The fourth-order valence-corrected chi connectivity index (χ4v) is 1.71. The van der Waals surface area contributed by atoms with Crippen molar-refractivity contribution in [2.24, 2.45) is 0 Å². The molecule has 0 amide bonds. The van der Waals surface area contributed by atoms with Gasteiger partial charge in [0.15, 0.2) is 0 Å². The van der Waals surface area contributed by atoms with E-state index < -0.39 is 0 Å². The van der Waals surface area contributed by atoms with E-state index in [0.717, 1.165) is 24.6 Å². The van der Waals surface area contributed by atoms with Crippen molar-refractivity contribution < 1.29 is 0 Å². The Labute approximate surface area is 96.2 Å². The molecule has 0 unspecified atom stereocenters. The fraction of sp³-hybridized carbons (Fsp3) is 0.556. The van der Waals surface area contributed by atoms with Crippen LogP contribution in [0.25, 0.3) is 0 Å². The standard InChI is InChI=1S/C9H12BrClN2O/c10-4-2-1-3-5-13-7-8(11)6-12-9(13)14/h6-7H,1-5H2. The number of halogens is 2. The Bertz CT molecular complexity index is 340. The van der Waals surface area contributed by atoms with Crippen LogP contribution in [0.4, 0.5) is 0 Å². The Morgan fingerprint density at radius 3 is 2.93 bits per heavy atom. The molecule has 0 saturated carbocycles. The molecule has 0 fully saturated rings. The first kappa shape index (κ1) is 11.7. The van der Waals surface area contributed by atoms with Crippen LogP contribution in [0.1, 0.15) is 19.3 Å². The molecule has 1 rings (SSSR count). The molecule has 0 atom stereocenters. The molecule has 1 heterocycles. The van der Waals surface area contributed by atoms with Crippen LogP contribution in [0, 0.1) is 0 Å². The lowest BCUT2D eigenvalue weighted by molar-refractivity contribution is 0.579. The van der Waals surface area contributed by atoms with Crippen molar-refractivity contribution in [3.8, 4) is 0 Å². The third-order valence-corrected chi connectivity index (χ3v) is 2.61. The largest absolute Gasteiger partial charge is 0.347 e. The van der Waals surface area contributed by atoms with Crippen LogP contribution in [-0.2, 0) is 6.54 Å². The van der Waals surface area contributed by atoms with E-state index in [1.54, 1.807) is 10.8 Å². The summed E-state index contributed by atoms with van der Waals surface area (Å²) in [6.45, 7) is 0.694. The van der Waals surface area contributed by atoms with E-state index in [9.17, 15) is 4.79 Å². The summed E-state index contributed by atoms with van der Waals surface area (Å²) >= 11 is 9.09. The quantitative estimate of drug-likeness (QED) is 0.613. The van der Waals surface area contributed by atoms with Gasteiger partial charge in [-0.1, -0.05) is 34.0 Å². The van der Waals surface area contributed by atoms with E-state index in [4.69, 9.17) is 11.6 Å². The normalized spacial score (nSPS) is 10.4. The molecule has 3 nitrogen and oxygen atoms in total. The van der Waals surface area contributed by atoms with Gasteiger partial charge in [-0.05, 0) is 12.8 Å². The summed E-state index contributed by atoms with van der Waals surface area (Å²) in [6, 6.07) is 0. The second-order valence-corrected chi connectivity index (χ2v) is 4.23. The van der Waals surface area contributed by atoms with Gasteiger partial charge in [0.05, 0.1) is 11.2 Å². The summed E-state index contributed by atoms with van der Waals surface area (Å²) in [4.78, 5) is 14.9. The van der Waals surface area contributed by atoms with Crippen LogP contribution in [-0.4, -0.2) is 14.9 Å². The van der Waals surface area contributed by atoms with Gasteiger partial charge >= 0.3 is 5.69 Å².